The number of hydrogen-bond acceptors (Lipinski definition) is 5. The van der Waals surface area contributed by atoms with E-state index in [1.165, 1.54) is 19.1 Å². The molecule has 1 rings (SSSR count). The van der Waals surface area contributed by atoms with E-state index in [9.17, 15) is 14.7 Å². The molecular formula is C12H14O5. The summed E-state index contributed by atoms with van der Waals surface area (Å²) in [7, 11) is 0. The van der Waals surface area contributed by atoms with Crippen LogP contribution in [0.15, 0.2) is 18.2 Å². The minimum absolute atomic E-state index is 0.135. The largest absolute Gasteiger partial charge is 0.504 e. The number of esters is 1. The molecule has 0 saturated heterocycles. The zero-order valence-electron chi connectivity index (χ0n) is 9.47. The number of rotatable bonds is 5. The summed E-state index contributed by atoms with van der Waals surface area (Å²) >= 11 is 0. The Morgan fingerprint density at radius 1 is 1.24 bits per heavy atom. The Labute approximate surface area is 98.6 Å². The van der Waals surface area contributed by atoms with Gasteiger partial charge in [-0.25, -0.2) is 0 Å². The quantitative estimate of drug-likeness (QED) is 0.457. The number of Topliss-reactive ketones (excluding diaryl/α,β-unsaturated/α-hetero) is 1. The third-order valence-corrected chi connectivity index (χ3v) is 2.09. The smallest absolute Gasteiger partial charge is 0.313 e. The van der Waals surface area contributed by atoms with Gasteiger partial charge in [0.15, 0.2) is 11.5 Å². The summed E-state index contributed by atoms with van der Waals surface area (Å²) in [5, 5.41) is 18.3. The highest BCUT2D eigenvalue weighted by Gasteiger charge is 2.06. The van der Waals surface area contributed by atoms with Gasteiger partial charge in [-0.05, 0) is 24.6 Å². The predicted molar refractivity (Wildman–Crippen MR) is 59.7 cm³/mol. The van der Waals surface area contributed by atoms with Crippen LogP contribution in [0.1, 0.15) is 18.9 Å². The molecule has 0 spiro atoms. The van der Waals surface area contributed by atoms with E-state index in [4.69, 9.17) is 9.84 Å². The summed E-state index contributed by atoms with van der Waals surface area (Å²) in [6.45, 7) is 1.45. The Hall–Kier alpha value is -2.04. The van der Waals surface area contributed by atoms with Crippen LogP contribution in [0.4, 0.5) is 0 Å². The Morgan fingerprint density at radius 2 is 1.94 bits per heavy atom. The Bertz CT molecular complexity index is 425. The monoisotopic (exact) mass is 238 g/mol. The van der Waals surface area contributed by atoms with Gasteiger partial charge in [-0.1, -0.05) is 6.07 Å². The van der Waals surface area contributed by atoms with Gasteiger partial charge in [0.2, 0.25) is 0 Å². The molecule has 17 heavy (non-hydrogen) atoms. The lowest BCUT2D eigenvalue weighted by Crippen LogP contribution is -2.10. The number of carbonyl (C=O) groups excluding carboxylic acids is 2. The summed E-state index contributed by atoms with van der Waals surface area (Å²) in [6, 6.07) is 4.38. The summed E-state index contributed by atoms with van der Waals surface area (Å²) < 4.78 is 4.82. The fraction of sp³-hybridized carbons (Fsp3) is 0.333. The van der Waals surface area contributed by atoms with Gasteiger partial charge >= 0.3 is 5.97 Å². The van der Waals surface area contributed by atoms with Crippen LogP contribution in [0.3, 0.4) is 0 Å². The summed E-state index contributed by atoms with van der Waals surface area (Å²) in [5.74, 6) is -1.20. The lowest BCUT2D eigenvalue weighted by atomic mass is 10.1. The molecule has 0 bridgehead atoms. The van der Waals surface area contributed by atoms with Crippen LogP contribution in [0.25, 0.3) is 0 Å². The molecule has 0 aliphatic rings. The number of ketones is 1. The standard InChI is InChI=1S/C12H14O5/c1-8(13)6-12(16)17-5-4-9-2-3-10(14)11(15)7-9/h2-3,7,14-15H,4-6H2,1H3. The van der Waals surface area contributed by atoms with Gasteiger partial charge in [0, 0.05) is 6.42 Å². The normalized spacial score (nSPS) is 9.94. The molecule has 5 nitrogen and oxygen atoms in total. The van der Waals surface area contributed by atoms with E-state index >= 15 is 0 Å². The van der Waals surface area contributed by atoms with E-state index in [1.807, 2.05) is 0 Å². The lowest BCUT2D eigenvalue weighted by Gasteiger charge is -2.05. The molecule has 2 N–H and O–H groups in total. The van der Waals surface area contributed by atoms with Crippen molar-refractivity contribution in [2.24, 2.45) is 0 Å². The van der Waals surface area contributed by atoms with Gasteiger partial charge in [-0.3, -0.25) is 9.59 Å². The molecule has 0 heterocycles. The predicted octanol–water partition coefficient (Wildman–Crippen LogP) is 1.16. The van der Waals surface area contributed by atoms with Crippen molar-refractivity contribution in [2.45, 2.75) is 19.8 Å². The van der Waals surface area contributed by atoms with Crippen molar-refractivity contribution in [3.63, 3.8) is 0 Å². The van der Waals surface area contributed by atoms with E-state index in [-0.39, 0.29) is 30.3 Å². The lowest BCUT2D eigenvalue weighted by molar-refractivity contribution is -0.145. The number of benzene rings is 1. The molecule has 5 heteroatoms. The second kappa shape index (κ2) is 5.89. The van der Waals surface area contributed by atoms with Crippen molar-refractivity contribution < 1.29 is 24.5 Å². The zero-order chi connectivity index (χ0) is 12.8. The molecule has 1 aromatic rings. The zero-order valence-corrected chi connectivity index (χ0v) is 9.47. The van der Waals surface area contributed by atoms with Gasteiger partial charge in [0.05, 0.1) is 6.61 Å². The summed E-state index contributed by atoms with van der Waals surface area (Å²) in [6.07, 6.45) is 0.193. The molecule has 0 fully saturated rings. The molecule has 0 radical (unpaired) electrons. The van der Waals surface area contributed by atoms with Gasteiger partial charge in [0.25, 0.3) is 0 Å². The first-order valence-corrected chi connectivity index (χ1v) is 5.15. The van der Waals surface area contributed by atoms with Gasteiger partial charge < -0.3 is 14.9 Å². The van der Waals surface area contributed by atoms with Crippen molar-refractivity contribution in [3.05, 3.63) is 23.8 Å². The van der Waals surface area contributed by atoms with Crippen LogP contribution in [0.5, 0.6) is 11.5 Å². The molecular weight excluding hydrogens is 224 g/mol. The fourth-order valence-electron chi connectivity index (χ4n) is 1.26. The third-order valence-electron chi connectivity index (χ3n) is 2.09. The maximum absolute atomic E-state index is 11.0. The van der Waals surface area contributed by atoms with Crippen LogP contribution in [-0.2, 0) is 20.7 Å². The topological polar surface area (TPSA) is 83.8 Å². The molecule has 0 aliphatic heterocycles. The van der Waals surface area contributed by atoms with Crippen LogP contribution >= 0.6 is 0 Å². The Kier molecular flexibility index (Phi) is 4.51. The average molecular weight is 238 g/mol. The highest BCUT2D eigenvalue weighted by Crippen LogP contribution is 2.24. The minimum Gasteiger partial charge on any atom is -0.504 e. The van der Waals surface area contributed by atoms with Crippen LogP contribution in [-0.4, -0.2) is 28.6 Å². The summed E-state index contributed by atoms with van der Waals surface area (Å²) in [5.41, 5.74) is 0.732. The van der Waals surface area contributed by atoms with Crippen LogP contribution in [0.2, 0.25) is 0 Å². The Morgan fingerprint density at radius 3 is 2.53 bits per heavy atom. The van der Waals surface area contributed by atoms with Crippen molar-refractivity contribution in [2.75, 3.05) is 6.61 Å². The average Bonchev–Trinajstić information content (AvgIpc) is 2.22. The number of hydrogen-bond donors (Lipinski definition) is 2. The van der Waals surface area contributed by atoms with E-state index < -0.39 is 5.97 Å². The van der Waals surface area contributed by atoms with Gasteiger partial charge in [0.1, 0.15) is 12.2 Å². The van der Waals surface area contributed by atoms with E-state index in [0.29, 0.717) is 6.42 Å². The van der Waals surface area contributed by atoms with Gasteiger partial charge in [-0.2, -0.15) is 0 Å². The van der Waals surface area contributed by atoms with Crippen molar-refractivity contribution >= 4 is 11.8 Å². The van der Waals surface area contributed by atoms with Gasteiger partial charge in [-0.15, -0.1) is 0 Å². The van der Waals surface area contributed by atoms with Crippen molar-refractivity contribution in [1.82, 2.24) is 0 Å². The minimum atomic E-state index is -0.555. The second-order valence-electron chi connectivity index (χ2n) is 3.67. The number of aromatic hydroxyl groups is 2. The molecule has 1 aromatic carbocycles. The molecule has 0 aliphatic carbocycles. The maximum Gasteiger partial charge on any atom is 0.313 e. The molecule has 0 aromatic heterocycles. The first-order chi connectivity index (χ1) is 7.99. The number of phenols is 2. The highest BCUT2D eigenvalue weighted by molar-refractivity contribution is 5.94. The molecule has 0 unspecified atom stereocenters. The molecule has 0 amide bonds. The number of phenolic OH excluding ortho intramolecular Hbond substituents is 2. The second-order valence-corrected chi connectivity index (χ2v) is 3.67. The summed E-state index contributed by atoms with van der Waals surface area (Å²) in [4.78, 5) is 21.6. The van der Waals surface area contributed by atoms with E-state index in [1.54, 1.807) is 6.07 Å². The molecule has 0 saturated carbocycles. The van der Waals surface area contributed by atoms with Crippen molar-refractivity contribution in [3.8, 4) is 11.5 Å². The first-order valence-electron chi connectivity index (χ1n) is 5.15. The van der Waals surface area contributed by atoms with Crippen molar-refractivity contribution in [1.29, 1.82) is 0 Å². The highest BCUT2D eigenvalue weighted by atomic mass is 16.5. The van der Waals surface area contributed by atoms with Crippen LogP contribution in [0, 0.1) is 0 Å². The SMILES string of the molecule is CC(=O)CC(=O)OCCc1ccc(O)c(O)c1. The van der Waals surface area contributed by atoms with E-state index in [0.717, 1.165) is 5.56 Å². The first kappa shape index (κ1) is 13.0. The maximum atomic E-state index is 11.0. The van der Waals surface area contributed by atoms with E-state index in [2.05, 4.69) is 0 Å². The fourth-order valence-corrected chi connectivity index (χ4v) is 1.26. The Balaban J connectivity index is 2.38. The molecule has 0 atom stereocenters. The van der Waals surface area contributed by atoms with Crippen LogP contribution < -0.4 is 0 Å². The number of carbonyl (C=O) groups is 2. The third kappa shape index (κ3) is 4.55. The number of ether oxygens (including phenoxy) is 1. The molecule has 92 valence electrons.